The topological polar surface area (TPSA) is 64.7 Å². The molecule has 0 rings (SSSR count). The van der Waals surface area contributed by atoms with Gasteiger partial charge in [-0.3, -0.25) is 9.59 Å². The van der Waals surface area contributed by atoms with Crippen LogP contribution in [-0.2, 0) is 9.59 Å². The van der Waals surface area contributed by atoms with Gasteiger partial charge >= 0.3 is 0 Å². The van der Waals surface area contributed by atoms with Gasteiger partial charge < -0.3 is 20.4 Å². The number of unbranched alkanes of at least 4 members (excludes halogenated alkanes) is 19. The van der Waals surface area contributed by atoms with E-state index in [4.69, 9.17) is 0 Å². The van der Waals surface area contributed by atoms with Crippen LogP contribution >= 0.6 is 0 Å². The van der Waals surface area contributed by atoms with Crippen LogP contribution < -0.4 is 10.6 Å². The van der Waals surface area contributed by atoms with E-state index >= 15 is 0 Å². The molecule has 2 amide bonds. The molecule has 6 heteroatoms. The Morgan fingerprint density at radius 1 is 0.409 bits per heavy atom. The van der Waals surface area contributed by atoms with Crippen LogP contribution in [-0.4, -0.2) is 74.5 Å². The highest BCUT2D eigenvalue weighted by atomic mass is 16.2. The molecule has 0 aromatic carbocycles. The van der Waals surface area contributed by atoms with Crippen LogP contribution in [0.15, 0.2) is 0 Å². The summed E-state index contributed by atoms with van der Waals surface area (Å²) in [6, 6.07) is 0. The van der Waals surface area contributed by atoms with Crippen molar-refractivity contribution in [2.45, 2.75) is 181 Å². The fourth-order valence-electron chi connectivity index (χ4n) is 5.82. The molecule has 0 radical (unpaired) electrons. The van der Waals surface area contributed by atoms with Crippen molar-refractivity contribution in [1.29, 1.82) is 0 Å². The van der Waals surface area contributed by atoms with Gasteiger partial charge in [0.15, 0.2) is 0 Å². The minimum Gasteiger partial charge on any atom is -0.356 e. The van der Waals surface area contributed by atoms with Crippen molar-refractivity contribution in [2.75, 3.05) is 52.9 Å². The third-order valence-electron chi connectivity index (χ3n) is 8.92. The van der Waals surface area contributed by atoms with Gasteiger partial charge in [0.1, 0.15) is 0 Å². The van der Waals surface area contributed by atoms with Crippen molar-refractivity contribution in [2.24, 2.45) is 0 Å². The Balaban J connectivity index is 4.14. The first-order chi connectivity index (χ1) is 21.5. The first-order valence-corrected chi connectivity index (χ1v) is 19.5. The lowest BCUT2D eigenvalue weighted by molar-refractivity contribution is -0.121. The van der Waals surface area contributed by atoms with Gasteiger partial charge in [-0.1, -0.05) is 143 Å². The van der Waals surface area contributed by atoms with Gasteiger partial charge in [-0.15, -0.1) is 0 Å². The van der Waals surface area contributed by atoms with Gasteiger partial charge in [-0.25, -0.2) is 0 Å². The van der Waals surface area contributed by atoms with Gasteiger partial charge in [0.2, 0.25) is 11.8 Å². The molecule has 0 bridgehead atoms. The lowest BCUT2D eigenvalue weighted by atomic mass is 10.1. The van der Waals surface area contributed by atoms with Gasteiger partial charge in [-0.05, 0) is 52.4 Å². The van der Waals surface area contributed by atoms with Crippen LogP contribution in [0.25, 0.3) is 0 Å². The molecule has 0 aliphatic carbocycles. The first-order valence-electron chi connectivity index (χ1n) is 19.5. The molecule has 0 spiro atoms. The second-order valence-electron chi connectivity index (χ2n) is 13.4. The summed E-state index contributed by atoms with van der Waals surface area (Å²) in [5.41, 5.74) is 0. The number of hydrogen-bond acceptors (Lipinski definition) is 4. The summed E-state index contributed by atoms with van der Waals surface area (Å²) in [5.74, 6) is 0.299. The summed E-state index contributed by atoms with van der Waals surface area (Å²) in [6.07, 6.45) is 30.8. The lowest BCUT2D eigenvalue weighted by Crippen LogP contribution is -2.36. The van der Waals surface area contributed by atoms with E-state index in [-0.39, 0.29) is 11.8 Å². The van der Waals surface area contributed by atoms with E-state index in [1.165, 1.54) is 128 Å². The van der Waals surface area contributed by atoms with E-state index in [0.717, 1.165) is 65.1 Å². The van der Waals surface area contributed by atoms with Crippen molar-refractivity contribution in [3.05, 3.63) is 0 Å². The average molecular weight is 623 g/mol. The van der Waals surface area contributed by atoms with E-state index in [1.54, 1.807) is 0 Å². The number of nitrogens with one attached hydrogen (secondary N) is 2. The fourth-order valence-corrected chi connectivity index (χ4v) is 5.82. The zero-order valence-corrected chi connectivity index (χ0v) is 30.3. The number of rotatable bonds is 35. The number of nitrogens with zero attached hydrogens (tertiary/aromatic N) is 2. The smallest absolute Gasteiger partial charge is 0.221 e. The Labute approximate surface area is 275 Å². The van der Waals surface area contributed by atoms with Gasteiger partial charge in [-0.2, -0.15) is 0 Å². The summed E-state index contributed by atoms with van der Waals surface area (Å²) < 4.78 is 0. The molecular weight excluding hydrogens is 544 g/mol. The summed E-state index contributed by atoms with van der Waals surface area (Å²) in [7, 11) is 2.20. The Bertz CT molecular complexity index is 574. The molecule has 0 saturated carbocycles. The average Bonchev–Trinajstić information content (AvgIpc) is 3.02. The highest BCUT2D eigenvalue weighted by Gasteiger charge is 2.11. The Morgan fingerprint density at radius 3 is 1.14 bits per heavy atom. The van der Waals surface area contributed by atoms with Gasteiger partial charge in [0, 0.05) is 39.0 Å². The third kappa shape index (κ3) is 32.3. The van der Waals surface area contributed by atoms with E-state index in [1.807, 2.05) is 0 Å². The lowest BCUT2D eigenvalue weighted by Gasteiger charge is -2.24. The fraction of sp³-hybridized carbons (Fsp3) is 0.947. The monoisotopic (exact) mass is 623 g/mol. The molecule has 262 valence electrons. The maximum atomic E-state index is 12.5. The van der Waals surface area contributed by atoms with Crippen LogP contribution in [0.2, 0.25) is 0 Å². The number of carbonyl (C=O) groups is 2. The molecule has 0 unspecified atom stereocenters. The molecule has 0 aromatic heterocycles. The highest BCUT2D eigenvalue weighted by molar-refractivity contribution is 5.76. The molecule has 0 fully saturated rings. The summed E-state index contributed by atoms with van der Waals surface area (Å²) in [6.45, 7) is 13.0. The third-order valence-corrected chi connectivity index (χ3v) is 8.92. The normalized spacial score (nSPS) is 11.5. The van der Waals surface area contributed by atoms with Crippen LogP contribution in [0, 0.1) is 0 Å². The minimum atomic E-state index is 0.149. The van der Waals surface area contributed by atoms with Gasteiger partial charge in [0.05, 0.1) is 0 Å². The minimum absolute atomic E-state index is 0.149. The Hall–Kier alpha value is -1.14. The maximum Gasteiger partial charge on any atom is 0.221 e. The number of carbonyl (C=O) groups excluding carboxylic acids is 2. The first kappa shape index (κ1) is 42.9. The molecular formula is C38H78N4O2. The zero-order valence-electron chi connectivity index (χ0n) is 30.3. The van der Waals surface area contributed by atoms with Crippen LogP contribution in [0.4, 0.5) is 0 Å². The van der Waals surface area contributed by atoms with Crippen molar-refractivity contribution in [3.63, 3.8) is 0 Å². The molecule has 0 saturated heterocycles. The van der Waals surface area contributed by atoms with E-state index in [0.29, 0.717) is 12.8 Å². The molecule has 0 atom stereocenters. The van der Waals surface area contributed by atoms with Crippen molar-refractivity contribution < 1.29 is 9.59 Å². The summed E-state index contributed by atoms with van der Waals surface area (Å²) in [5, 5.41) is 6.27. The van der Waals surface area contributed by atoms with Gasteiger partial charge in [0.25, 0.3) is 0 Å². The molecule has 0 aliphatic heterocycles. The zero-order chi connectivity index (χ0) is 32.4. The summed E-state index contributed by atoms with van der Waals surface area (Å²) >= 11 is 0. The second-order valence-corrected chi connectivity index (χ2v) is 13.4. The predicted octanol–water partition coefficient (Wildman–Crippen LogP) is 9.26. The maximum absolute atomic E-state index is 12.5. The molecule has 0 aliphatic rings. The van der Waals surface area contributed by atoms with Crippen molar-refractivity contribution >= 4 is 11.8 Å². The van der Waals surface area contributed by atoms with E-state index in [9.17, 15) is 9.59 Å². The number of hydrogen-bond donors (Lipinski definition) is 2. The van der Waals surface area contributed by atoms with Crippen molar-refractivity contribution in [3.8, 4) is 0 Å². The van der Waals surface area contributed by atoms with Crippen molar-refractivity contribution in [1.82, 2.24) is 20.4 Å². The Kier molecular flexibility index (Phi) is 33.8. The van der Waals surface area contributed by atoms with Crippen LogP contribution in [0.5, 0.6) is 0 Å². The molecule has 44 heavy (non-hydrogen) atoms. The van der Waals surface area contributed by atoms with E-state index < -0.39 is 0 Å². The second kappa shape index (κ2) is 34.7. The SMILES string of the molecule is CCCCCCCCCCCCNC(=O)CCN(CCCN(C)CCCC)CCC(=O)NCCCCCCCCCCCC. The molecule has 6 nitrogen and oxygen atoms in total. The predicted molar refractivity (Wildman–Crippen MR) is 192 cm³/mol. The standard InChI is InChI=1S/C38H78N4O2/c1-5-8-11-13-15-17-19-21-23-25-30-39-37(43)28-35-42(34-27-33-41(4)32-10-7-3)36-29-38(44)40-31-26-24-22-20-18-16-14-12-9-6-2/h5-36H2,1-4H3,(H,39,43)(H,40,44). The highest BCUT2D eigenvalue weighted by Crippen LogP contribution is 2.11. The quantitative estimate of drug-likeness (QED) is 0.0692. The van der Waals surface area contributed by atoms with E-state index in [2.05, 4.69) is 48.3 Å². The molecule has 0 heterocycles. The Morgan fingerprint density at radius 2 is 0.750 bits per heavy atom. The van der Waals surface area contributed by atoms with Crippen LogP contribution in [0.1, 0.15) is 181 Å². The molecule has 2 N–H and O–H groups in total. The summed E-state index contributed by atoms with van der Waals surface area (Å²) in [4.78, 5) is 29.8. The number of amides is 2. The largest absolute Gasteiger partial charge is 0.356 e. The van der Waals surface area contributed by atoms with Crippen LogP contribution in [0.3, 0.4) is 0 Å². The molecule has 0 aromatic rings.